The fourth-order valence-corrected chi connectivity index (χ4v) is 4.81. The molecule has 2 aromatic rings. The van der Waals surface area contributed by atoms with E-state index in [1.807, 2.05) is 25.1 Å². The quantitative estimate of drug-likeness (QED) is 0.269. The minimum Gasteiger partial charge on any atom is -0.454 e. The molecule has 1 unspecified atom stereocenters. The van der Waals surface area contributed by atoms with Gasteiger partial charge in [-0.3, -0.25) is 10.1 Å². The van der Waals surface area contributed by atoms with Crippen LogP contribution in [0.1, 0.15) is 66.1 Å². The Morgan fingerprint density at radius 2 is 1.78 bits per heavy atom. The van der Waals surface area contributed by atoms with Gasteiger partial charge in [0.1, 0.15) is 6.10 Å². The van der Waals surface area contributed by atoms with E-state index in [1.165, 1.54) is 43.5 Å². The number of nitro groups is 1. The number of carbonyl (C=O) groups is 1. The standard InChI is InChI=1S/C25H32N2O4.ClH/c1-19-8-7-9-21(16-19)23(17-25(18-26(2)3)14-5-4-6-15-25)31-24(28)20-10-12-22(13-11-20)27(29)30;/h7-13,16,23H,4-6,14-15,17-18H2,1-3H3;1H. The van der Waals surface area contributed by atoms with Crippen molar-refractivity contribution < 1.29 is 14.5 Å². The molecule has 6 nitrogen and oxygen atoms in total. The van der Waals surface area contributed by atoms with Crippen LogP contribution in [0.4, 0.5) is 5.69 Å². The third kappa shape index (κ3) is 6.78. The predicted molar refractivity (Wildman–Crippen MR) is 128 cm³/mol. The van der Waals surface area contributed by atoms with E-state index in [0.29, 0.717) is 5.56 Å². The van der Waals surface area contributed by atoms with Gasteiger partial charge in [0.15, 0.2) is 0 Å². The van der Waals surface area contributed by atoms with Crippen LogP contribution in [0.25, 0.3) is 0 Å². The SMILES string of the molecule is Cc1cccc(C(CC2(CN(C)C)CCCCC2)OC(=O)c2ccc([N+](=O)[O-])cc2)c1.Cl. The molecule has 1 aliphatic carbocycles. The van der Waals surface area contributed by atoms with Crippen LogP contribution in [0, 0.1) is 22.5 Å². The Balaban J connectivity index is 0.00000363. The first kappa shape index (κ1) is 25.8. The largest absolute Gasteiger partial charge is 0.454 e. The lowest BCUT2D eigenvalue weighted by molar-refractivity contribution is -0.384. The van der Waals surface area contributed by atoms with E-state index in [0.717, 1.165) is 36.9 Å². The van der Waals surface area contributed by atoms with Crippen LogP contribution in [0.5, 0.6) is 0 Å². The molecule has 7 heteroatoms. The van der Waals surface area contributed by atoms with Gasteiger partial charge in [-0.25, -0.2) is 4.79 Å². The maximum absolute atomic E-state index is 13.0. The summed E-state index contributed by atoms with van der Waals surface area (Å²) in [5.74, 6) is -0.447. The summed E-state index contributed by atoms with van der Waals surface area (Å²) < 4.78 is 6.06. The van der Waals surface area contributed by atoms with Crippen LogP contribution in [0.15, 0.2) is 48.5 Å². The van der Waals surface area contributed by atoms with E-state index >= 15 is 0 Å². The lowest BCUT2D eigenvalue weighted by Crippen LogP contribution is -2.37. The van der Waals surface area contributed by atoms with Gasteiger partial charge in [0.05, 0.1) is 10.5 Å². The van der Waals surface area contributed by atoms with Gasteiger partial charge in [0, 0.05) is 18.7 Å². The second-order valence-corrected chi connectivity index (χ2v) is 9.11. The first-order valence-electron chi connectivity index (χ1n) is 10.9. The van der Waals surface area contributed by atoms with E-state index in [2.05, 4.69) is 25.1 Å². The van der Waals surface area contributed by atoms with E-state index in [9.17, 15) is 14.9 Å². The highest BCUT2D eigenvalue weighted by atomic mass is 35.5. The molecule has 0 heterocycles. The van der Waals surface area contributed by atoms with Crippen molar-refractivity contribution in [1.82, 2.24) is 4.90 Å². The summed E-state index contributed by atoms with van der Waals surface area (Å²) in [5.41, 5.74) is 2.51. The molecule has 0 bridgehead atoms. The Labute approximate surface area is 196 Å². The summed E-state index contributed by atoms with van der Waals surface area (Å²) in [4.78, 5) is 25.6. The van der Waals surface area contributed by atoms with Crippen LogP contribution in [0.2, 0.25) is 0 Å². The topological polar surface area (TPSA) is 72.7 Å². The number of nitrogens with zero attached hydrogens (tertiary/aromatic N) is 2. The molecule has 1 fully saturated rings. The zero-order valence-electron chi connectivity index (χ0n) is 19.1. The van der Waals surface area contributed by atoms with Gasteiger partial charge in [0.25, 0.3) is 5.69 Å². The highest BCUT2D eigenvalue weighted by Gasteiger charge is 2.37. The molecule has 0 aromatic heterocycles. The number of non-ortho nitro benzene ring substituents is 1. The van der Waals surface area contributed by atoms with E-state index in [-0.39, 0.29) is 29.6 Å². The van der Waals surface area contributed by atoms with Crippen LogP contribution < -0.4 is 0 Å². The number of esters is 1. The predicted octanol–water partition coefficient (Wildman–Crippen LogP) is 6.13. The molecule has 1 saturated carbocycles. The summed E-state index contributed by atoms with van der Waals surface area (Å²) in [6.45, 7) is 3.00. The zero-order chi connectivity index (χ0) is 22.4. The Hall–Kier alpha value is -2.44. The minimum absolute atomic E-state index is 0. The van der Waals surface area contributed by atoms with Gasteiger partial charge in [-0.1, -0.05) is 49.1 Å². The average Bonchev–Trinajstić information content (AvgIpc) is 2.73. The van der Waals surface area contributed by atoms with Crippen LogP contribution >= 0.6 is 12.4 Å². The highest BCUT2D eigenvalue weighted by molar-refractivity contribution is 5.89. The van der Waals surface area contributed by atoms with Gasteiger partial charge in [-0.15, -0.1) is 12.4 Å². The molecule has 0 radical (unpaired) electrons. The first-order chi connectivity index (χ1) is 14.8. The number of hydrogen-bond donors (Lipinski definition) is 0. The molecule has 0 aliphatic heterocycles. The van der Waals surface area contributed by atoms with E-state index < -0.39 is 10.9 Å². The fraction of sp³-hybridized carbons (Fsp3) is 0.480. The summed E-state index contributed by atoms with van der Waals surface area (Å²) in [5, 5.41) is 10.9. The lowest BCUT2D eigenvalue weighted by Gasteiger charge is -2.41. The molecule has 0 amide bonds. The number of rotatable bonds is 8. The molecular formula is C25H33ClN2O4. The Bertz CT molecular complexity index is 908. The molecule has 0 N–H and O–H groups in total. The van der Waals surface area contributed by atoms with Gasteiger partial charge in [-0.2, -0.15) is 0 Å². The maximum Gasteiger partial charge on any atom is 0.338 e. The second kappa shape index (κ2) is 11.4. The summed E-state index contributed by atoms with van der Waals surface area (Å²) >= 11 is 0. The van der Waals surface area contributed by atoms with Gasteiger partial charge >= 0.3 is 5.97 Å². The molecule has 2 aromatic carbocycles. The number of aryl methyl sites for hydroxylation is 1. The molecule has 1 atom stereocenters. The molecule has 32 heavy (non-hydrogen) atoms. The lowest BCUT2D eigenvalue weighted by atomic mass is 9.69. The van der Waals surface area contributed by atoms with Crippen molar-refractivity contribution in [3.05, 3.63) is 75.3 Å². The molecule has 1 aliphatic rings. The first-order valence-corrected chi connectivity index (χ1v) is 10.9. The Morgan fingerprint density at radius 3 is 2.34 bits per heavy atom. The zero-order valence-corrected chi connectivity index (χ0v) is 19.9. The summed E-state index contributed by atoms with van der Waals surface area (Å²) in [6.07, 6.45) is 6.32. The van der Waals surface area contributed by atoms with Crippen molar-refractivity contribution in [2.45, 2.75) is 51.6 Å². The van der Waals surface area contributed by atoms with Gasteiger partial charge in [0.2, 0.25) is 0 Å². The summed E-state index contributed by atoms with van der Waals surface area (Å²) in [7, 11) is 4.20. The third-order valence-electron chi connectivity index (χ3n) is 6.16. The van der Waals surface area contributed by atoms with E-state index in [1.54, 1.807) is 0 Å². The number of nitro benzene ring substituents is 1. The molecular weight excluding hydrogens is 428 g/mol. The van der Waals surface area contributed by atoms with E-state index in [4.69, 9.17) is 4.74 Å². The smallest absolute Gasteiger partial charge is 0.338 e. The summed E-state index contributed by atoms with van der Waals surface area (Å²) in [6, 6.07) is 13.7. The van der Waals surface area contributed by atoms with Crippen LogP contribution in [-0.2, 0) is 4.74 Å². The number of benzene rings is 2. The monoisotopic (exact) mass is 460 g/mol. The second-order valence-electron chi connectivity index (χ2n) is 9.11. The van der Waals surface area contributed by atoms with Gasteiger partial charge in [-0.05, 0) is 63.4 Å². The molecule has 0 spiro atoms. The Morgan fingerprint density at radius 1 is 1.12 bits per heavy atom. The maximum atomic E-state index is 13.0. The molecule has 0 saturated heterocycles. The van der Waals surface area contributed by atoms with Crippen molar-refractivity contribution in [2.24, 2.45) is 5.41 Å². The van der Waals surface area contributed by atoms with Crippen molar-refractivity contribution >= 4 is 24.1 Å². The number of ether oxygens (including phenoxy) is 1. The van der Waals surface area contributed by atoms with Crippen molar-refractivity contribution in [3.8, 4) is 0 Å². The van der Waals surface area contributed by atoms with Gasteiger partial charge < -0.3 is 9.64 Å². The van der Waals surface area contributed by atoms with Crippen molar-refractivity contribution in [1.29, 1.82) is 0 Å². The van der Waals surface area contributed by atoms with Crippen LogP contribution in [0.3, 0.4) is 0 Å². The molecule has 3 rings (SSSR count). The van der Waals surface area contributed by atoms with Crippen LogP contribution in [-0.4, -0.2) is 36.4 Å². The number of carbonyl (C=O) groups excluding carboxylic acids is 1. The highest BCUT2D eigenvalue weighted by Crippen LogP contribution is 2.44. The average molecular weight is 461 g/mol. The number of halogens is 1. The molecule has 174 valence electrons. The van der Waals surface area contributed by atoms with Crippen molar-refractivity contribution in [2.75, 3.05) is 20.6 Å². The number of hydrogen-bond acceptors (Lipinski definition) is 5. The van der Waals surface area contributed by atoms with Crippen molar-refractivity contribution in [3.63, 3.8) is 0 Å². The third-order valence-corrected chi connectivity index (χ3v) is 6.16. The minimum atomic E-state index is -0.473. The fourth-order valence-electron chi connectivity index (χ4n) is 4.81. The Kier molecular flexibility index (Phi) is 9.22. The normalized spacial score (nSPS) is 16.1.